The quantitative estimate of drug-likeness (QED) is 0.872. The first-order chi connectivity index (χ1) is 8.88. The average molecular weight is 266 g/mol. The third-order valence-corrected chi connectivity index (χ3v) is 2.96. The lowest BCUT2D eigenvalue weighted by atomic mass is 10.1. The van der Waals surface area contributed by atoms with Crippen molar-refractivity contribution in [3.05, 3.63) is 23.8 Å². The predicted octanol–water partition coefficient (Wildman–Crippen LogP) is 1.27. The van der Waals surface area contributed by atoms with Gasteiger partial charge >= 0.3 is 0 Å². The molecule has 0 aliphatic carbocycles. The van der Waals surface area contributed by atoms with E-state index in [4.69, 9.17) is 4.74 Å². The molecule has 0 spiro atoms. The average Bonchev–Trinajstić information content (AvgIpc) is 2.37. The van der Waals surface area contributed by atoms with Crippen molar-refractivity contribution in [2.45, 2.75) is 13.0 Å². The molecule has 0 unspecified atom stereocenters. The van der Waals surface area contributed by atoms with E-state index >= 15 is 0 Å². The van der Waals surface area contributed by atoms with Crippen LogP contribution in [0, 0.1) is 0 Å². The van der Waals surface area contributed by atoms with Crippen LogP contribution in [0.2, 0.25) is 0 Å². The minimum atomic E-state index is -0.664. The normalized spacial score (nSPS) is 11.9. The third-order valence-electron chi connectivity index (χ3n) is 2.96. The molecule has 0 heterocycles. The summed E-state index contributed by atoms with van der Waals surface area (Å²) in [6, 6.07) is 5.51. The molecule has 1 amide bonds. The zero-order valence-electron chi connectivity index (χ0n) is 12.2. The van der Waals surface area contributed by atoms with E-state index in [-0.39, 0.29) is 12.5 Å². The second-order valence-corrected chi connectivity index (χ2v) is 4.71. The van der Waals surface area contributed by atoms with Gasteiger partial charge in [0, 0.05) is 32.4 Å². The Morgan fingerprint density at radius 3 is 2.47 bits per heavy atom. The molecule has 19 heavy (non-hydrogen) atoms. The maximum atomic E-state index is 11.8. The number of carbonyl (C=O) groups excluding carboxylic acids is 1. The summed E-state index contributed by atoms with van der Waals surface area (Å²) in [5, 5.41) is 9.91. The molecule has 1 aromatic carbocycles. The Morgan fingerprint density at radius 1 is 1.37 bits per heavy atom. The molecule has 5 heteroatoms. The highest BCUT2D eigenvalue weighted by molar-refractivity contribution is 5.81. The Kier molecular flexibility index (Phi) is 5.18. The Morgan fingerprint density at radius 2 is 2.00 bits per heavy atom. The van der Waals surface area contributed by atoms with Gasteiger partial charge in [-0.05, 0) is 19.1 Å². The Bertz CT molecular complexity index is 444. The number of hydrogen-bond donors (Lipinski definition) is 1. The molecular formula is C14H22N2O3. The maximum Gasteiger partial charge on any atom is 0.241 e. The molecule has 106 valence electrons. The Balaban J connectivity index is 3.08. The summed E-state index contributed by atoms with van der Waals surface area (Å²) < 4.78 is 5.27. The van der Waals surface area contributed by atoms with Gasteiger partial charge in [-0.15, -0.1) is 0 Å². The van der Waals surface area contributed by atoms with E-state index in [1.54, 1.807) is 39.1 Å². The number of nitrogens with zero attached hydrogens (tertiary/aromatic N) is 2. The van der Waals surface area contributed by atoms with E-state index in [1.165, 1.54) is 0 Å². The molecule has 0 radical (unpaired) electrons. The number of anilines is 1. The Hall–Kier alpha value is -1.75. The van der Waals surface area contributed by atoms with Gasteiger partial charge < -0.3 is 19.6 Å². The highest BCUT2D eigenvalue weighted by Crippen LogP contribution is 2.33. The number of carbonyl (C=O) groups is 1. The highest BCUT2D eigenvalue weighted by Gasteiger charge is 2.18. The highest BCUT2D eigenvalue weighted by atomic mass is 16.5. The van der Waals surface area contributed by atoms with Crippen molar-refractivity contribution < 1.29 is 14.6 Å². The zero-order chi connectivity index (χ0) is 14.6. The summed E-state index contributed by atoms with van der Waals surface area (Å²) in [5.41, 5.74) is 1.49. The first-order valence-electron chi connectivity index (χ1n) is 6.14. The number of aliphatic hydroxyl groups is 1. The summed E-state index contributed by atoms with van der Waals surface area (Å²) in [7, 11) is 6.83. The van der Waals surface area contributed by atoms with Gasteiger partial charge in [-0.1, -0.05) is 6.07 Å². The SMILES string of the molecule is COc1cccc(N(C)CC(=O)N(C)C)c1[C@H](C)O. The van der Waals surface area contributed by atoms with Crippen molar-refractivity contribution in [2.24, 2.45) is 0 Å². The van der Waals surface area contributed by atoms with Gasteiger partial charge in [-0.25, -0.2) is 0 Å². The van der Waals surface area contributed by atoms with E-state index in [9.17, 15) is 9.90 Å². The van der Waals surface area contributed by atoms with Crippen LogP contribution in [-0.2, 0) is 4.79 Å². The minimum Gasteiger partial charge on any atom is -0.496 e. The second-order valence-electron chi connectivity index (χ2n) is 4.71. The van der Waals surface area contributed by atoms with Gasteiger partial charge in [0.15, 0.2) is 0 Å². The summed E-state index contributed by atoms with van der Waals surface area (Å²) in [6.07, 6.45) is -0.664. The molecule has 0 aliphatic heterocycles. The van der Waals surface area contributed by atoms with Gasteiger partial charge in [0.25, 0.3) is 0 Å². The summed E-state index contributed by atoms with van der Waals surface area (Å²) in [5.74, 6) is 0.624. The summed E-state index contributed by atoms with van der Waals surface area (Å²) >= 11 is 0. The first kappa shape index (κ1) is 15.3. The predicted molar refractivity (Wildman–Crippen MR) is 75.6 cm³/mol. The number of benzene rings is 1. The van der Waals surface area contributed by atoms with Crippen LogP contribution in [0.3, 0.4) is 0 Å². The number of amides is 1. The number of likely N-dealkylation sites (N-methyl/N-ethyl adjacent to an activating group) is 2. The molecule has 0 saturated heterocycles. The second kappa shape index (κ2) is 6.43. The van der Waals surface area contributed by atoms with Crippen molar-refractivity contribution in [3.8, 4) is 5.75 Å². The maximum absolute atomic E-state index is 11.8. The van der Waals surface area contributed by atoms with Crippen LogP contribution in [0.4, 0.5) is 5.69 Å². The van der Waals surface area contributed by atoms with E-state index in [1.807, 2.05) is 24.1 Å². The molecule has 0 saturated carbocycles. The van der Waals surface area contributed by atoms with Crippen LogP contribution in [0.15, 0.2) is 18.2 Å². The van der Waals surface area contributed by atoms with Crippen LogP contribution in [0.1, 0.15) is 18.6 Å². The van der Waals surface area contributed by atoms with Crippen LogP contribution in [0.5, 0.6) is 5.75 Å². The molecule has 1 aromatic rings. The van der Waals surface area contributed by atoms with Gasteiger partial charge in [0.2, 0.25) is 5.91 Å². The standard InChI is InChI=1S/C14H22N2O3/c1-10(17)14-11(7-6-8-12(14)19-5)16(4)9-13(18)15(2)3/h6-8,10,17H,9H2,1-5H3/t10-/m0/s1. The molecule has 0 fully saturated rings. The number of hydrogen-bond acceptors (Lipinski definition) is 4. The first-order valence-corrected chi connectivity index (χ1v) is 6.14. The van der Waals surface area contributed by atoms with Crippen LogP contribution in [0.25, 0.3) is 0 Å². The zero-order valence-corrected chi connectivity index (χ0v) is 12.2. The summed E-state index contributed by atoms with van der Waals surface area (Å²) in [6.45, 7) is 1.93. The van der Waals surface area contributed by atoms with Gasteiger partial charge in [-0.2, -0.15) is 0 Å². The lowest BCUT2D eigenvalue weighted by Crippen LogP contribution is -2.34. The molecule has 0 aromatic heterocycles. The Labute approximate surface area is 114 Å². The monoisotopic (exact) mass is 266 g/mol. The van der Waals surface area contributed by atoms with Gasteiger partial charge in [0.05, 0.1) is 19.8 Å². The molecular weight excluding hydrogens is 244 g/mol. The van der Waals surface area contributed by atoms with Crippen LogP contribution < -0.4 is 9.64 Å². The van der Waals surface area contributed by atoms with Crippen LogP contribution in [-0.4, -0.2) is 50.7 Å². The van der Waals surface area contributed by atoms with Crippen molar-refractivity contribution in [3.63, 3.8) is 0 Å². The fourth-order valence-corrected chi connectivity index (χ4v) is 1.89. The van der Waals surface area contributed by atoms with Crippen molar-refractivity contribution in [1.82, 2.24) is 4.90 Å². The molecule has 0 aliphatic rings. The molecule has 0 bridgehead atoms. The van der Waals surface area contributed by atoms with E-state index in [0.717, 1.165) is 5.69 Å². The molecule has 1 rings (SSSR count). The summed E-state index contributed by atoms with van der Waals surface area (Å²) in [4.78, 5) is 15.1. The smallest absolute Gasteiger partial charge is 0.241 e. The van der Waals surface area contributed by atoms with Crippen molar-refractivity contribution >= 4 is 11.6 Å². The largest absolute Gasteiger partial charge is 0.496 e. The molecule has 5 nitrogen and oxygen atoms in total. The van der Waals surface area contributed by atoms with E-state index in [2.05, 4.69) is 0 Å². The molecule has 1 atom stereocenters. The fourth-order valence-electron chi connectivity index (χ4n) is 1.89. The topological polar surface area (TPSA) is 53.0 Å². The fraction of sp³-hybridized carbons (Fsp3) is 0.500. The van der Waals surface area contributed by atoms with Crippen LogP contribution >= 0.6 is 0 Å². The number of rotatable bonds is 5. The lowest BCUT2D eigenvalue weighted by molar-refractivity contribution is -0.127. The van der Waals surface area contributed by atoms with E-state index in [0.29, 0.717) is 11.3 Å². The number of methoxy groups -OCH3 is 1. The van der Waals surface area contributed by atoms with Gasteiger partial charge in [0.1, 0.15) is 5.75 Å². The van der Waals surface area contributed by atoms with Gasteiger partial charge in [-0.3, -0.25) is 4.79 Å². The minimum absolute atomic E-state index is 0.00172. The molecule has 1 N–H and O–H groups in total. The lowest BCUT2D eigenvalue weighted by Gasteiger charge is -2.25. The third kappa shape index (κ3) is 3.61. The van der Waals surface area contributed by atoms with Crippen molar-refractivity contribution in [1.29, 1.82) is 0 Å². The van der Waals surface area contributed by atoms with E-state index < -0.39 is 6.10 Å². The van der Waals surface area contributed by atoms with Crippen molar-refractivity contribution in [2.75, 3.05) is 39.7 Å². The number of ether oxygens (including phenoxy) is 1. The number of aliphatic hydroxyl groups excluding tert-OH is 1.